The van der Waals surface area contributed by atoms with Gasteiger partial charge in [-0.05, 0) is 46.1 Å². The maximum absolute atomic E-state index is 11.8. The Kier molecular flexibility index (Phi) is 9.75. The number of nitrogens with one attached hydrogen (secondary N) is 2. The maximum atomic E-state index is 11.8. The van der Waals surface area contributed by atoms with Gasteiger partial charge in [0.15, 0.2) is 0 Å². The number of halogens is 1. The summed E-state index contributed by atoms with van der Waals surface area (Å²) in [6.45, 7) is 5.55. The van der Waals surface area contributed by atoms with Crippen molar-refractivity contribution in [2.75, 3.05) is 6.54 Å². The van der Waals surface area contributed by atoms with E-state index < -0.39 is 29.7 Å². The van der Waals surface area contributed by atoms with Crippen LogP contribution in [0.5, 0.6) is 0 Å². The average molecular weight is 414 g/mol. The molecule has 1 aromatic rings. The highest BCUT2D eigenvalue weighted by Gasteiger charge is 2.21. The highest BCUT2D eigenvalue weighted by atomic mass is 35.5. The topological polar surface area (TPSA) is 120 Å². The number of ether oxygens (including phenoxy) is 2. The first-order chi connectivity index (χ1) is 13.1. The number of hydrogen-bond donors (Lipinski definition) is 3. The van der Waals surface area contributed by atoms with Gasteiger partial charge in [0.05, 0.1) is 6.04 Å². The Morgan fingerprint density at radius 1 is 1.14 bits per heavy atom. The number of carbonyl (C=O) groups is 3. The molecule has 28 heavy (non-hydrogen) atoms. The molecule has 0 radical (unpaired) electrons. The minimum Gasteiger partial charge on any atom is -0.445 e. The molecule has 0 heterocycles. The Labute approximate surface area is 170 Å². The molecule has 0 aliphatic heterocycles. The quantitative estimate of drug-likeness (QED) is 0.563. The van der Waals surface area contributed by atoms with E-state index in [1.165, 1.54) is 0 Å². The van der Waals surface area contributed by atoms with E-state index in [0.717, 1.165) is 5.56 Å². The molecule has 1 atom stereocenters. The SMILES string of the molecule is CC(C)(C)OC(=O)NC(=O)[C@@H](N)CCCCNC(=O)OCc1ccccc1Cl. The van der Waals surface area contributed by atoms with Gasteiger partial charge >= 0.3 is 12.2 Å². The predicted molar refractivity (Wildman–Crippen MR) is 106 cm³/mol. The van der Waals surface area contributed by atoms with Crippen LogP contribution in [0.1, 0.15) is 45.6 Å². The van der Waals surface area contributed by atoms with E-state index in [0.29, 0.717) is 30.8 Å². The lowest BCUT2D eigenvalue weighted by Crippen LogP contribution is -2.45. The summed E-state index contributed by atoms with van der Waals surface area (Å²) in [6, 6.07) is 6.27. The summed E-state index contributed by atoms with van der Waals surface area (Å²) in [6.07, 6.45) is 0.190. The summed E-state index contributed by atoms with van der Waals surface area (Å²) in [5.74, 6) is -0.596. The third kappa shape index (κ3) is 10.1. The van der Waals surface area contributed by atoms with Gasteiger partial charge in [-0.25, -0.2) is 9.59 Å². The predicted octanol–water partition coefficient (Wildman–Crippen LogP) is 3.12. The number of imide groups is 1. The van der Waals surface area contributed by atoms with Crippen molar-refractivity contribution >= 4 is 29.7 Å². The zero-order chi connectivity index (χ0) is 21.2. The van der Waals surface area contributed by atoms with E-state index >= 15 is 0 Å². The fourth-order valence-electron chi connectivity index (χ4n) is 2.12. The van der Waals surface area contributed by atoms with Crippen LogP contribution in [-0.2, 0) is 20.9 Å². The molecule has 0 saturated carbocycles. The number of unbranched alkanes of at least 4 members (excludes halogenated alkanes) is 1. The zero-order valence-electron chi connectivity index (χ0n) is 16.4. The summed E-state index contributed by atoms with van der Waals surface area (Å²) in [5.41, 5.74) is 5.78. The minimum absolute atomic E-state index is 0.0845. The Morgan fingerprint density at radius 3 is 2.46 bits per heavy atom. The van der Waals surface area contributed by atoms with Gasteiger partial charge in [0.25, 0.3) is 0 Å². The van der Waals surface area contributed by atoms with E-state index in [1.54, 1.807) is 39.0 Å². The van der Waals surface area contributed by atoms with E-state index in [4.69, 9.17) is 26.8 Å². The lowest BCUT2D eigenvalue weighted by molar-refractivity contribution is -0.122. The minimum atomic E-state index is -0.834. The van der Waals surface area contributed by atoms with Crippen LogP contribution < -0.4 is 16.4 Å². The molecule has 1 aromatic carbocycles. The molecule has 0 aliphatic carbocycles. The second kappa shape index (κ2) is 11.5. The number of benzene rings is 1. The second-order valence-corrected chi connectivity index (χ2v) is 7.59. The third-order valence-corrected chi connectivity index (χ3v) is 3.86. The Hall–Kier alpha value is -2.32. The average Bonchev–Trinajstić information content (AvgIpc) is 2.58. The molecule has 4 N–H and O–H groups in total. The van der Waals surface area contributed by atoms with Gasteiger partial charge < -0.3 is 20.5 Å². The van der Waals surface area contributed by atoms with Crippen molar-refractivity contribution in [2.45, 2.75) is 58.3 Å². The van der Waals surface area contributed by atoms with Crippen molar-refractivity contribution in [3.8, 4) is 0 Å². The number of carbonyl (C=O) groups excluding carboxylic acids is 3. The Morgan fingerprint density at radius 2 is 1.82 bits per heavy atom. The van der Waals surface area contributed by atoms with Gasteiger partial charge in [-0.15, -0.1) is 0 Å². The van der Waals surface area contributed by atoms with E-state index in [2.05, 4.69) is 10.6 Å². The molecule has 0 aromatic heterocycles. The van der Waals surface area contributed by atoms with E-state index in [9.17, 15) is 14.4 Å². The molecular weight excluding hydrogens is 386 g/mol. The summed E-state index contributed by atoms with van der Waals surface area (Å²) in [7, 11) is 0. The molecule has 3 amide bonds. The number of hydrogen-bond acceptors (Lipinski definition) is 6. The number of nitrogens with two attached hydrogens (primary N) is 1. The molecule has 0 bridgehead atoms. The first-order valence-corrected chi connectivity index (χ1v) is 9.40. The molecule has 9 heteroatoms. The first-order valence-electron chi connectivity index (χ1n) is 9.02. The largest absolute Gasteiger partial charge is 0.445 e. The van der Waals surface area contributed by atoms with Crippen molar-refractivity contribution in [1.29, 1.82) is 0 Å². The monoisotopic (exact) mass is 413 g/mol. The molecule has 8 nitrogen and oxygen atoms in total. The standard InChI is InChI=1S/C19H28ClN3O5/c1-19(2,3)28-18(26)23-16(24)15(21)10-6-7-11-22-17(25)27-12-13-8-4-5-9-14(13)20/h4-5,8-9,15H,6-7,10-12,21H2,1-3H3,(H,22,25)(H,23,24,26)/t15-/m0/s1. The summed E-state index contributed by atoms with van der Waals surface area (Å²) in [4.78, 5) is 35.0. The molecular formula is C19H28ClN3O5. The van der Waals surface area contributed by atoms with Crippen LogP contribution in [0.15, 0.2) is 24.3 Å². The van der Waals surface area contributed by atoms with Gasteiger partial charge in [-0.2, -0.15) is 0 Å². The van der Waals surface area contributed by atoms with Gasteiger partial charge in [0, 0.05) is 17.1 Å². The zero-order valence-corrected chi connectivity index (χ0v) is 17.2. The van der Waals surface area contributed by atoms with Crippen LogP contribution >= 0.6 is 11.6 Å². The van der Waals surface area contributed by atoms with Crippen LogP contribution in [-0.4, -0.2) is 36.3 Å². The molecule has 1 rings (SSSR count). The van der Waals surface area contributed by atoms with E-state index in [1.807, 2.05) is 6.07 Å². The van der Waals surface area contributed by atoms with Crippen LogP contribution in [0.25, 0.3) is 0 Å². The molecule has 0 aliphatic rings. The van der Waals surface area contributed by atoms with Crippen LogP contribution in [0, 0.1) is 0 Å². The van der Waals surface area contributed by atoms with Crippen molar-refractivity contribution in [3.63, 3.8) is 0 Å². The molecule has 0 spiro atoms. The first kappa shape index (κ1) is 23.7. The van der Waals surface area contributed by atoms with Gasteiger partial charge in [-0.3, -0.25) is 10.1 Å². The van der Waals surface area contributed by atoms with Crippen molar-refractivity contribution in [2.24, 2.45) is 5.73 Å². The fourth-order valence-corrected chi connectivity index (χ4v) is 2.31. The second-order valence-electron chi connectivity index (χ2n) is 7.19. The van der Waals surface area contributed by atoms with Crippen molar-refractivity contribution in [1.82, 2.24) is 10.6 Å². The van der Waals surface area contributed by atoms with Crippen LogP contribution in [0.4, 0.5) is 9.59 Å². The lowest BCUT2D eigenvalue weighted by Gasteiger charge is -2.20. The summed E-state index contributed by atoms with van der Waals surface area (Å²) < 4.78 is 10.1. The van der Waals surface area contributed by atoms with Gasteiger partial charge in [-0.1, -0.05) is 29.8 Å². The highest BCUT2D eigenvalue weighted by Crippen LogP contribution is 2.15. The highest BCUT2D eigenvalue weighted by molar-refractivity contribution is 6.31. The van der Waals surface area contributed by atoms with Crippen LogP contribution in [0.3, 0.4) is 0 Å². The summed E-state index contributed by atoms with van der Waals surface area (Å²) in [5, 5.41) is 5.26. The molecule has 156 valence electrons. The maximum Gasteiger partial charge on any atom is 0.414 e. The molecule has 0 saturated heterocycles. The third-order valence-electron chi connectivity index (χ3n) is 3.49. The van der Waals surface area contributed by atoms with Gasteiger partial charge in [0.1, 0.15) is 12.2 Å². The summed E-state index contributed by atoms with van der Waals surface area (Å²) >= 11 is 5.99. The Balaban J connectivity index is 2.15. The van der Waals surface area contributed by atoms with Gasteiger partial charge in [0.2, 0.25) is 5.91 Å². The van der Waals surface area contributed by atoms with Crippen LogP contribution in [0.2, 0.25) is 5.02 Å². The molecule has 0 unspecified atom stereocenters. The number of amides is 3. The Bertz CT molecular complexity index is 676. The number of rotatable bonds is 8. The number of alkyl carbamates (subject to hydrolysis) is 2. The normalized spacial score (nSPS) is 12.0. The smallest absolute Gasteiger partial charge is 0.414 e. The molecule has 0 fully saturated rings. The van der Waals surface area contributed by atoms with Crippen molar-refractivity contribution < 1.29 is 23.9 Å². The van der Waals surface area contributed by atoms with E-state index in [-0.39, 0.29) is 6.61 Å². The lowest BCUT2D eigenvalue weighted by atomic mass is 10.1. The fraction of sp³-hybridized carbons (Fsp3) is 0.526. The van der Waals surface area contributed by atoms with Crippen molar-refractivity contribution in [3.05, 3.63) is 34.9 Å².